The number of nitrogens with zero attached hydrogens (tertiary/aromatic N) is 5. The number of aryl methyl sites for hydroxylation is 2. The molecule has 30 heavy (non-hydrogen) atoms. The Kier molecular flexibility index (Phi) is 7.29. The summed E-state index contributed by atoms with van der Waals surface area (Å²) in [5.41, 5.74) is 3.20. The van der Waals surface area contributed by atoms with Gasteiger partial charge >= 0.3 is 0 Å². The number of carbonyl (C=O) groups is 1. The summed E-state index contributed by atoms with van der Waals surface area (Å²) < 4.78 is 3.91. The predicted molar refractivity (Wildman–Crippen MR) is 122 cm³/mol. The first kappa shape index (κ1) is 21.6. The van der Waals surface area contributed by atoms with Crippen LogP contribution in [-0.2, 0) is 6.42 Å². The van der Waals surface area contributed by atoms with Crippen LogP contribution in [-0.4, -0.2) is 38.6 Å². The zero-order chi connectivity index (χ0) is 21.5. The Bertz CT molecular complexity index is 983. The van der Waals surface area contributed by atoms with E-state index >= 15 is 0 Å². The summed E-state index contributed by atoms with van der Waals surface area (Å²) in [6, 6.07) is 9.44. The molecule has 2 heterocycles. The van der Waals surface area contributed by atoms with Crippen LogP contribution in [0.15, 0.2) is 30.3 Å². The summed E-state index contributed by atoms with van der Waals surface area (Å²) >= 11 is 1.12. The predicted octanol–water partition coefficient (Wildman–Crippen LogP) is 4.43. The zero-order valence-corrected chi connectivity index (χ0v) is 18.6. The van der Waals surface area contributed by atoms with Crippen molar-refractivity contribution in [2.45, 2.75) is 40.5 Å². The monoisotopic (exact) mass is 425 g/mol. The van der Waals surface area contributed by atoms with Crippen molar-refractivity contribution in [3.8, 4) is 0 Å². The van der Waals surface area contributed by atoms with E-state index in [9.17, 15) is 4.79 Å². The molecular weight excluding hydrogens is 398 g/mol. The van der Waals surface area contributed by atoms with Gasteiger partial charge in [0.1, 0.15) is 10.7 Å². The Balaban J connectivity index is 1.69. The molecule has 0 aliphatic carbocycles. The van der Waals surface area contributed by atoms with E-state index in [1.165, 1.54) is 0 Å². The van der Waals surface area contributed by atoms with Gasteiger partial charge in [0.05, 0.1) is 5.69 Å². The highest BCUT2D eigenvalue weighted by atomic mass is 32.1. The summed E-state index contributed by atoms with van der Waals surface area (Å²) in [6.45, 7) is 9.99. The van der Waals surface area contributed by atoms with Crippen LogP contribution in [0.25, 0.3) is 0 Å². The standard InChI is InChI=1S/C21H27N7OS/c1-5-8-17-19(30-27-26-17)20(29)23-15-9-11-16(12-10-15)24-21-22-14(4)13-18(25-21)28(6-2)7-3/h9-13H,5-8H2,1-4H3,(H,23,29)(H,22,24,25). The Labute approximate surface area is 180 Å². The van der Waals surface area contributed by atoms with Crippen LogP contribution in [0.3, 0.4) is 0 Å². The molecule has 0 bridgehead atoms. The highest BCUT2D eigenvalue weighted by Gasteiger charge is 2.16. The van der Waals surface area contributed by atoms with Crippen molar-refractivity contribution in [2.24, 2.45) is 0 Å². The van der Waals surface area contributed by atoms with E-state index in [0.29, 0.717) is 16.5 Å². The van der Waals surface area contributed by atoms with Gasteiger partial charge < -0.3 is 15.5 Å². The molecule has 0 unspecified atom stereocenters. The van der Waals surface area contributed by atoms with E-state index in [-0.39, 0.29) is 5.91 Å². The summed E-state index contributed by atoms with van der Waals surface area (Å²) in [6.07, 6.45) is 1.66. The second kappa shape index (κ2) is 10.1. The molecule has 0 saturated heterocycles. The molecule has 158 valence electrons. The first-order valence-electron chi connectivity index (χ1n) is 10.1. The van der Waals surface area contributed by atoms with Crippen LogP contribution < -0.4 is 15.5 Å². The first-order chi connectivity index (χ1) is 14.5. The van der Waals surface area contributed by atoms with Crippen LogP contribution in [0.4, 0.5) is 23.1 Å². The van der Waals surface area contributed by atoms with E-state index in [4.69, 9.17) is 0 Å². The number of rotatable bonds is 9. The first-order valence-corrected chi connectivity index (χ1v) is 10.9. The summed E-state index contributed by atoms with van der Waals surface area (Å²) in [5.74, 6) is 1.27. The molecule has 0 fully saturated rings. The number of aromatic nitrogens is 4. The van der Waals surface area contributed by atoms with E-state index in [0.717, 1.165) is 60.4 Å². The fourth-order valence-electron chi connectivity index (χ4n) is 3.05. The average Bonchev–Trinajstić information content (AvgIpc) is 3.19. The van der Waals surface area contributed by atoms with Crippen molar-refractivity contribution in [3.63, 3.8) is 0 Å². The van der Waals surface area contributed by atoms with Gasteiger partial charge in [-0.2, -0.15) is 4.98 Å². The third-order valence-electron chi connectivity index (χ3n) is 4.58. The molecule has 0 atom stereocenters. The number of hydrogen-bond donors (Lipinski definition) is 2. The van der Waals surface area contributed by atoms with Gasteiger partial charge in [-0.05, 0) is 63.0 Å². The van der Waals surface area contributed by atoms with E-state index in [2.05, 4.69) is 55.9 Å². The maximum atomic E-state index is 12.5. The highest BCUT2D eigenvalue weighted by Crippen LogP contribution is 2.21. The number of anilines is 4. The lowest BCUT2D eigenvalue weighted by Crippen LogP contribution is -2.23. The van der Waals surface area contributed by atoms with Crippen molar-refractivity contribution in [1.82, 2.24) is 19.6 Å². The summed E-state index contributed by atoms with van der Waals surface area (Å²) in [7, 11) is 0. The van der Waals surface area contributed by atoms with Crippen LogP contribution in [0, 0.1) is 6.92 Å². The van der Waals surface area contributed by atoms with Gasteiger partial charge in [-0.15, -0.1) is 5.10 Å². The van der Waals surface area contributed by atoms with Crippen molar-refractivity contribution in [2.75, 3.05) is 28.6 Å². The van der Waals surface area contributed by atoms with Gasteiger partial charge in [0.25, 0.3) is 5.91 Å². The van der Waals surface area contributed by atoms with Crippen molar-refractivity contribution in [3.05, 3.63) is 46.6 Å². The molecular formula is C21H27N7OS. The normalized spacial score (nSPS) is 10.7. The zero-order valence-electron chi connectivity index (χ0n) is 17.8. The van der Waals surface area contributed by atoms with Crippen LogP contribution in [0.5, 0.6) is 0 Å². The van der Waals surface area contributed by atoms with Gasteiger partial charge in [0.15, 0.2) is 0 Å². The van der Waals surface area contributed by atoms with Gasteiger partial charge in [-0.3, -0.25) is 4.79 Å². The number of amides is 1. The molecule has 9 heteroatoms. The molecule has 1 amide bonds. The lowest BCUT2D eigenvalue weighted by atomic mass is 10.2. The molecule has 0 radical (unpaired) electrons. The van der Waals surface area contributed by atoms with Crippen LogP contribution in [0.2, 0.25) is 0 Å². The van der Waals surface area contributed by atoms with E-state index in [1.807, 2.05) is 37.3 Å². The number of carbonyl (C=O) groups excluding carboxylic acids is 1. The molecule has 2 N–H and O–H groups in total. The Morgan fingerprint density at radius 3 is 2.43 bits per heavy atom. The van der Waals surface area contributed by atoms with Crippen molar-refractivity contribution in [1.29, 1.82) is 0 Å². The maximum absolute atomic E-state index is 12.5. The molecule has 3 rings (SSSR count). The molecule has 0 aliphatic heterocycles. The minimum atomic E-state index is -0.181. The SMILES string of the molecule is CCCc1nnsc1C(=O)Nc1ccc(Nc2nc(C)cc(N(CC)CC)n2)cc1. The average molecular weight is 426 g/mol. The van der Waals surface area contributed by atoms with Gasteiger partial charge in [-0.25, -0.2) is 4.98 Å². The maximum Gasteiger partial charge on any atom is 0.269 e. The Morgan fingerprint density at radius 1 is 1.07 bits per heavy atom. The van der Waals surface area contributed by atoms with Crippen LogP contribution >= 0.6 is 11.5 Å². The Morgan fingerprint density at radius 2 is 1.77 bits per heavy atom. The molecule has 1 aromatic carbocycles. The molecule has 8 nitrogen and oxygen atoms in total. The fraction of sp³-hybridized carbons (Fsp3) is 0.381. The largest absolute Gasteiger partial charge is 0.357 e. The lowest BCUT2D eigenvalue weighted by molar-refractivity contribution is 0.102. The van der Waals surface area contributed by atoms with Gasteiger partial charge in [0, 0.05) is 36.2 Å². The molecule has 3 aromatic rings. The smallest absolute Gasteiger partial charge is 0.269 e. The molecule has 0 saturated carbocycles. The van der Waals surface area contributed by atoms with Gasteiger partial charge in [-0.1, -0.05) is 17.8 Å². The molecule has 0 spiro atoms. The second-order valence-electron chi connectivity index (χ2n) is 6.82. The second-order valence-corrected chi connectivity index (χ2v) is 7.57. The third-order valence-corrected chi connectivity index (χ3v) is 5.34. The minimum Gasteiger partial charge on any atom is -0.357 e. The minimum absolute atomic E-state index is 0.181. The quantitative estimate of drug-likeness (QED) is 0.523. The highest BCUT2D eigenvalue weighted by molar-refractivity contribution is 7.08. The van der Waals surface area contributed by atoms with Crippen molar-refractivity contribution >= 4 is 40.6 Å². The van der Waals surface area contributed by atoms with E-state index < -0.39 is 0 Å². The van der Waals surface area contributed by atoms with E-state index in [1.54, 1.807) is 0 Å². The fourth-order valence-corrected chi connectivity index (χ4v) is 3.66. The number of benzene rings is 1. The molecule has 0 aliphatic rings. The topological polar surface area (TPSA) is 95.9 Å². The Hall–Kier alpha value is -3.07. The number of hydrogen-bond acceptors (Lipinski definition) is 8. The number of nitrogens with one attached hydrogen (secondary N) is 2. The van der Waals surface area contributed by atoms with Gasteiger partial charge in [0.2, 0.25) is 5.95 Å². The van der Waals surface area contributed by atoms with Crippen LogP contribution in [0.1, 0.15) is 48.3 Å². The summed E-state index contributed by atoms with van der Waals surface area (Å²) in [5, 5.41) is 10.2. The van der Waals surface area contributed by atoms with Crippen molar-refractivity contribution < 1.29 is 4.79 Å². The molecule has 2 aromatic heterocycles. The summed E-state index contributed by atoms with van der Waals surface area (Å²) in [4.78, 5) is 24.4. The third kappa shape index (κ3) is 5.29. The lowest BCUT2D eigenvalue weighted by Gasteiger charge is -2.20.